The number of aromatic hydroxyl groups is 1. The molecule has 0 saturated heterocycles. The van der Waals surface area contributed by atoms with Crippen molar-refractivity contribution in [2.75, 3.05) is 5.32 Å². The molecule has 4 amide bonds. The normalized spacial score (nSPS) is 24.7. The number of halogens is 1. The maximum atomic E-state index is 13.3. The Morgan fingerprint density at radius 2 is 1.80 bits per heavy atom. The van der Waals surface area contributed by atoms with Crippen LogP contribution in [0.4, 0.5) is 14.9 Å². The van der Waals surface area contributed by atoms with E-state index in [1.165, 1.54) is 42.5 Å². The number of aliphatic hydroxyl groups excluding tert-OH is 2. The summed E-state index contributed by atoms with van der Waals surface area (Å²) < 4.78 is 13.3. The van der Waals surface area contributed by atoms with Gasteiger partial charge in [-0.25, -0.2) is 9.18 Å². The Kier molecular flexibility index (Phi) is 7.89. The molecule has 9 N–H and O–H groups in total. The zero-order chi connectivity index (χ0) is 25.8. The molecule has 12 heteroatoms. The Labute approximate surface area is 199 Å². The topological polar surface area (TPSA) is 194 Å². The Balaban J connectivity index is 1.68. The molecule has 3 rings (SSSR count). The number of nitrogens with one attached hydrogen (secondary N) is 3. The van der Waals surface area contributed by atoms with Crippen molar-refractivity contribution < 1.29 is 39.2 Å². The number of nitrogens with two attached hydrogens (primary N) is 1. The van der Waals surface area contributed by atoms with E-state index in [-0.39, 0.29) is 17.9 Å². The van der Waals surface area contributed by atoms with Crippen LogP contribution in [0.2, 0.25) is 0 Å². The monoisotopic (exact) mass is 490 g/mol. The summed E-state index contributed by atoms with van der Waals surface area (Å²) in [4.78, 5) is 37.2. The Morgan fingerprint density at radius 3 is 2.43 bits per heavy atom. The number of phenols is 1. The van der Waals surface area contributed by atoms with E-state index >= 15 is 0 Å². The summed E-state index contributed by atoms with van der Waals surface area (Å²) >= 11 is 0. The number of anilines is 1. The highest BCUT2D eigenvalue weighted by atomic mass is 19.1. The van der Waals surface area contributed by atoms with Gasteiger partial charge in [0.25, 0.3) is 5.91 Å². The molecule has 0 aliphatic heterocycles. The molecule has 0 radical (unpaired) electrons. The number of benzene rings is 2. The minimum absolute atomic E-state index is 0.0115. The second-order valence-electron chi connectivity index (χ2n) is 8.51. The molecule has 0 spiro atoms. The summed E-state index contributed by atoms with van der Waals surface area (Å²) in [5.74, 6) is -2.48. The minimum atomic E-state index is -2.25. The van der Waals surface area contributed by atoms with Crippen LogP contribution in [-0.2, 0) is 16.0 Å². The van der Waals surface area contributed by atoms with Crippen molar-refractivity contribution in [1.29, 1.82) is 0 Å². The van der Waals surface area contributed by atoms with Gasteiger partial charge < -0.3 is 42.1 Å². The second kappa shape index (κ2) is 10.7. The first-order valence-electron chi connectivity index (χ1n) is 10.8. The summed E-state index contributed by atoms with van der Waals surface area (Å²) in [5.41, 5.74) is 3.84. The SMILES string of the molecule is NC(=O)C(Cc1ccc(O)cc1)NC(=O)C1(O)CC(O)C(O)C(NC(=O)Nc2cccc(F)c2)C1. The lowest BCUT2D eigenvalue weighted by Crippen LogP contribution is -2.64. The average Bonchev–Trinajstić information content (AvgIpc) is 2.78. The summed E-state index contributed by atoms with van der Waals surface area (Å²) in [6.07, 6.45) is -4.17. The van der Waals surface area contributed by atoms with Crippen LogP contribution in [0, 0.1) is 5.82 Å². The van der Waals surface area contributed by atoms with E-state index in [0.717, 1.165) is 6.07 Å². The fourth-order valence-electron chi connectivity index (χ4n) is 3.91. The van der Waals surface area contributed by atoms with Crippen molar-refractivity contribution in [2.24, 2.45) is 5.73 Å². The number of amides is 4. The highest BCUT2D eigenvalue weighted by Crippen LogP contribution is 2.30. The molecule has 5 unspecified atom stereocenters. The van der Waals surface area contributed by atoms with Crippen LogP contribution in [-0.4, -0.2) is 68.2 Å². The molecule has 5 atom stereocenters. The van der Waals surface area contributed by atoms with E-state index in [1.54, 1.807) is 0 Å². The maximum absolute atomic E-state index is 13.3. The number of carbonyl (C=O) groups excluding carboxylic acids is 3. The van der Waals surface area contributed by atoms with Crippen LogP contribution in [0.25, 0.3) is 0 Å². The molecular formula is C23H27FN4O7. The van der Waals surface area contributed by atoms with E-state index in [1.807, 2.05) is 0 Å². The Hall–Kier alpha value is -3.74. The van der Waals surface area contributed by atoms with Crippen molar-refractivity contribution >= 4 is 23.5 Å². The van der Waals surface area contributed by atoms with E-state index in [0.29, 0.717) is 5.56 Å². The van der Waals surface area contributed by atoms with Crippen molar-refractivity contribution in [3.63, 3.8) is 0 Å². The molecule has 1 aliphatic rings. The van der Waals surface area contributed by atoms with Gasteiger partial charge in [-0.1, -0.05) is 18.2 Å². The molecule has 2 aromatic carbocycles. The summed E-state index contributed by atoms with van der Waals surface area (Å²) in [7, 11) is 0. The van der Waals surface area contributed by atoms with Gasteiger partial charge in [0.15, 0.2) is 0 Å². The fourth-order valence-corrected chi connectivity index (χ4v) is 3.91. The third kappa shape index (κ3) is 6.66. The molecule has 1 fully saturated rings. The largest absolute Gasteiger partial charge is 0.508 e. The predicted octanol–water partition coefficient (Wildman–Crippen LogP) is -0.519. The number of hydrogen-bond donors (Lipinski definition) is 8. The van der Waals surface area contributed by atoms with Gasteiger partial charge in [-0.2, -0.15) is 0 Å². The molecule has 2 aromatic rings. The second-order valence-corrected chi connectivity index (χ2v) is 8.51. The van der Waals surface area contributed by atoms with Gasteiger partial charge >= 0.3 is 6.03 Å². The summed E-state index contributed by atoms with van der Waals surface area (Å²) in [6.45, 7) is 0. The maximum Gasteiger partial charge on any atom is 0.319 e. The zero-order valence-electron chi connectivity index (χ0n) is 18.5. The number of carbonyl (C=O) groups is 3. The van der Waals surface area contributed by atoms with Crippen molar-refractivity contribution in [3.8, 4) is 5.75 Å². The third-order valence-corrected chi connectivity index (χ3v) is 5.76. The number of aliphatic hydroxyl groups is 3. The lowest BCUT2D eigenvalue weighted by molar-refractivity contribution is -0.158. The van der Waals surface area contributed by atoms with Gasteiger partial charge in [0, 0.05) is 24.9 Å². The van der Waals surface area contributed by atoms with Crippen LogP contribution < -0.4 is 21.7 Å². The first kappa shape index (κ1) is 25.9. The smallest absolute Gasteiger partial charge is 0.319 e. The number of urea groups is 1. The molecule has 35 heavy (non-hydrogen) atoms. The van der Waals surface area contributed by atoms with Crippen LogP contribution in [0.1, 0.15) is 18.4 Å². The molecule has 11 nitrogen and oxygen atoms in total. The number of rotatable bonds is 7. The summed E-state index contributed by atoms with van der Waals surface area (Å²) in [6, 6.07) is 7.57. The fraction of sp³-hybridized carbons (Fsp3) is 0.348. The molecular weight excluding hydrogens is 463 g/mol. The van der Waals surface area contributed by atoms with Gasteiger partial charge in [0.1, 0.15) is 29.3 Å². The van der Waals surface area contributed by atoms with Gasteiger partial charge in [0.2, 0.25) is 5.91 Å². The van der Waals surface area contributed by atoms with Crippen molar-refractivity contribution in [2.45, 2.75) is 49.2 Å². The standard InChI is InChI=1S/C23H27FN4O7/c24-13-2-1-3-14(9-13)26-22(34)28-17-10-23(35,11-18(30)19(17)31)21(33)27-16(20(25)32)8-12-4-6-15(29)7-5-12/h1-7,9,16-19,29-31,35H,8,10-11H2,(H2,25,32)(H,27,33)(H2,26,28,34). The highest BCUT2D eigenvalue weighted by Gasteiger charge is 2.49. The molecule has 1 saturated carbocycles. The molecule has 1 aliphatic carbocycles. The lowest BCUT2D eigenvalue weighted by Gasteiger charge is -2.41. The molecule has 0 aromatic heterocycles. The van der Waals surface area contributed by atoms with E-state index in [4.69, 9.17) is 5.73 Å². The first-order chi connectivity index (χ1) is 16.5. The molecule has 188 valence electrons. The van der Waals surface area contributed by atoms with Crippen LogP contribution in [0.5, 0.6) is 5.75 Å². The van der Waals surface area contributed by atoms with Gasteiger partial charge in [-0.05, 0) is 35.9 Å². The van der Waals surface area contributed by atoms with Crippen molar-refractivity contribution in [3.05, 3.63) is 59.9 Å². The molecule has 0 heterocycles. The third-order valence-electron chi connectivity index (χ3n) is 5.76. The van der Waals surface area contributed by atoms with E-state index in [2.05, 4.69) is 16.0 Å². The van der Waals surface area contributed by atoms with Gasteiger partial charge in [-0.15, -0.1) is 0 Å². The van der Waals surface area contributed by atoms with Crippen LogP contribution in [0.3, 0.4) is 0 Å². The Bertz CT molecular complexity index is 1080. The van der Waals surface area contributed by atoms with Crippen LogP contribution >= 0.6 is 0 Å². The average molecular weight is 490 g/mol. The first-order valence-corrected chi connectivity index (χ1v) is 10.8. The number of primary amides is 1. The molecule has 0 bridgehead atoms. The van der Waals surface area contributed by atoms with Gasteiger partial charge in [0.05, 0.1) is 12.1 Å². The van der Waals surface area contributed by atoms with E-state index in [9.17, 15) is 39.2 Å². The summed E-state index contributed by atoms with van der Waals surface area (Å²) in [5, 5.41) is 48.0. The van der Waals surface area contributed by atoms with Crippen molar-refractivity contribution in [1.82, 2.24) is 10.6 Å². The number of hydrogen-bond acceptors (Lipinski definition) is 7. The van der Waals surface area contributed by atoms with E-state index < -0.39 is 66.4 Å². The highest BCUT2D eigenvalue weighted by molar-refractivity contribution is 5.92. The van der Waals surface area contributed by atoms with Gasteiger partial charge in [-0.3, -0.25) is 9.59 Å². The van der Waals surface area contributed by atoms with Crippen LogP contribution in [0.15, 0.2) is 48.5 Å². The lowest BCUT2D eigenvalue weighted by atomic mass is 9.77. The number of phenolic OH excluding ortho intramolecular Hbond substituents is 1. The quantitative estimate of drug-likeness (QED) is 0.256. The predicted molar refractivity (Wildman–Crippen MR) is 121 cm³/mol. The Morgan fingerprint density at radius 1 is 1.11 bits per heavy atom. The minimum Gasteiger partial charge on any atom is -0.508 e. The zero-order valence-corrected chi connectivity index (χ0v) is 18.5.